The zero-order chi connectivity index (χ0) is 19.3. The average molecular weight is 404 g/mol. The Morgan fingerprint density at radius 1 is 1.11 bits per heavy atom. The highest BCUT2D eigenvalue weighted by atomic mass is 32.1. The molecule has 0 unspecified atom stereocenters. The molecule has 1 saturated heterocycles. The molecule has 1 aliphatic heterocycles. The van der Waals surface area contributed by atoms with Crippen LogP contribution in [0.25, 0.3) is 4.96 Å². The Bertz CT molecular complexity index is 951. The molecule has 2 fully saturated rings. The topological polar surface area (TPSA) is 53.7 Å². The number of nitrogens with zero attached hydrogens (tertiary/aromatic N) is 4. The third kappa shape index (κ3) is 2.99. The molecule has 1 aromatic carbocycles. The maximum Gasteiger partial charge on any atom is 0.214 e. The van der Waals surface area contributed by atoms with Crippen LogP contribution in [0.2, 0.25) is 0 Å². The lowest BCUT2D eigenvalue weighted by Crippen LogP contribution is -2.43. The summed E-state index contributed by atoms with van der Waals surface area (Å²) in [5.41, 5.74) is -0.574. The number of rotatable bonds is 3. The molecule has 8 heteroatoms. The summed E-state index contributed by atoms with van der Waals surface area (Å²) in [5.74, 6) is -0.829. The fourth-order valence-corrected chi connectivity index (χ4v) is 5.45. The smallest absolute Gasteiger partial charge is 0.214 e. The van der Waals surface area contributed by atoms with Gasteiger partial charge in [0.2, 0.25) is 10.1 Å². The SMILES string of the molecule is OC1(c2c(F)cccc2F)CCN(c2nn3cc(C4CCCC4)nc3s2)CC1. The molecule has 1 N–H and O–H groups in total. The lowest BCUT2D eigenvalue weighted by Gasteiger charge is -2.38. The van der Waals surface area contributed by atoms with Gasteiger partial charge in [0.1, 0.15) is 11.6 Å². The molecule has 1 saturated carbocycles. The first-order valence-corrected chi connectivity index (χ1v) is 10.6. The standard InChI is InChI=1S/C20H22F2N4OS/c21-14-6-3-7-15(22)17(14)20(27)8-10-25(11-9-20)19-24-26-12-16(23-18(26)28-19)13-4-1-2-5-13/h3,6-7,12-13,27H,1-2,4-5,8-11H2. The minimum Gasteiger partial charge on any atom is -0.385 e. The van der Waals surface area contributed by atoms with Crippen LogP contribution in [0.15, 0.2) is 24.4 Å². The van der Waals surface area contributed by atoms with Crippen molar-refractivity contribution < 1.29 is 13.9 Å². The number of benzene rings is 1. The summed E-state index contributed by atoms with van der Waals surface area (Å²) in [4.78, 5) is 7.68. The Balaban J connectivity index is 1.33. The molecule has 3 aromatic rings. The number of halogens is 2. The maximum atomic E-state index is 14.1. The number of aromatic nitrogens is 3. The molecule has 148 valence electrons. The fourth-order valence-electron chi connectivity index (χ4n) is 4.51. The van der Waals surface area contributed by atoms with Crippen LogP contribution in [0.4, 0.5) is 13.9 Å². The molecule has 0 amide bonds. The molecule has 2 aromatic heterocycles. The summed E-state index contributed by atoms with van der Waals surface area (Å²) in [5, 5.41) is 16.4. The van der Waals surface area contributed by atoms with E-state index in [0.717, 1.165) is 15.8 Å². The molecule has 0 radical (unpaired) electrons. The van der Waals surface area contributed by atoms with Gasteiger partial charge in [0.05, 0.1) is 23.1 Å². The number of hydrogen-bond acceptors (Lipinski definition) is 5. The van der Waals surface area contributed by atoms with E-state index in [9.17, 15) is 13.9 Å². The molecular weight excluding hydrogens is 382 g/mol. The average Bonchev–Trinajstić information content (AvgIpc) is 3.38. The van der Waals surface area contributed by atoms with Crippen molar-refractivity contribution in [3.63, 3.8) is 0 Å². The largest absolute Gasteiger partial charge is 0.385 e. The number of aliphatic hydroxyl groups is 1. The Kier molecular flexibility index (Phi) is 4.35. The summed E-state index contributed by atoms with van der Waals surface area (Å²) in [6, 6.07) is 3.71. The summed E-state index contributed by atoms with van der Waals surface area (Å²) in [6.45, 7) is 0.965. The van der Waals surface area contributed by atoms with Crippen LogP contribution in [0.3, 0.4) is 0 Å². The first kappa shape index (κ1) is 18.0. The van der Waals surface area contributed by atoms with Crippen molar-refractivity contribution in [3.8, 4) is 0 Å². The van der Waals surface area contributed by atoms with Gasteiger partial charge in [0.15, 0.2) is 0 Å². The van der Waals surface area contributed by atoms with Gasteiger partial charge in [0, 0.05) is 19.0 Å². The number of anilines is 1. The summed E-state index contributed by atoms with van der Waals surface area (Å²) >= 11 is 1.52. The van der Waals surface area contributed by atoms with Crippen LogP contribution >= 0.6 is 11.3 Å². The van der Waals surface area contributed by atoms with Crippen LogP contribution in [-0.2, 0) is 5.60 Å². The van der Waals surface area contributed by atoms with Crippen molar-refractivity contribution in [1.82, 2.24) is 14.6 Å². The van der Waals surface area contributed by atoms with Gasteiger partial charge in [-0.25, -0.2) is 18.3 Å². The molecule has 0 atom stereocenters. The van der Waals surface area contributed by atoms with Gasteiger partial charge in [-0.05, 0) is 37.8 Å². The van der Waals surface area contributed by atoms with E-state index in [-0.39, 0.29) is 18.4 Å². The number of piperidine rings is 1. The lowest BCUT2D eigenvalue weighted by molar-refractivity contribution is 0.00501. The van der Waals surface area contributed by atoms with Crippen LogP contribution in [0.5, 0.6) is 0 Å². The second-order valence-electron chi connectivity index (χ2n) is 7.87. The van der Waals surface area contributed by atoms with E-state index in [1.807, 2.05) is 10.7 Å². The van der Waals surface area contributed by atoms with Crippen molar-refractivity contribution in [3.05, 3.63) is 47.3 Å². The monoisotopic (exact) mass is 404 g/mol. The lowest BCUT2D eigenvalue weighted by atomic mass is 9.84. The van der Waals surface area contributed by atoms with E-state index >= 15 is 0 Å². The van der Waals surface area contributed by atoms with E-state index in [1.54, 1.807) is 0 Å². The molecule has 0 spiro atoms. The predicted octanol–water partition coefficient (Wildman–Crippen LogP) is 4.21. The van der Waals surface area contributed by atoms with Gasteiger partial charge in [-0.3, -0.25) is 0 Å². The van der Waals surface area contributed by atoms with Crippen molar-refractivity contribution in [2.45, 2.75) is 50.0 Å². The number of hydrogen-bond donors (Lipinski definition) is 1. The van der Waals surface area contributed by atoms with Gasteiger partial charge in [-0.1, -0.05) is 30.2 Å². The van der Waals surface area contributed by atoms with Gasteiger partial charge >= 0.3 is 0 Å². The van der Waals surface area contributed by atoms with Crippen LogP contribution < -0.4 is 4.90 Å². The molecular formula is C20H22F2N4OS. The normalized spacial score (nSPS) is 20.3. The second kappa shape index (κ2) is 6.77. The number of imidazole rings is 1. The third-order valence-electron chi connectivity index (χ3n) is 6.11. The zero-order valence-electron chi connectivity index (χ0n) is 15.4. The molecule has 3 heterocycles. The molecule has 5 rings (SSSR count). The van der Waals surface area contributed by atoms with Crippen molar-refractivity contribution >= 4 is 21.4 Å². The Labute approximate surface area is 165 Å². The van der Waals surface area contributed by atoms with Crippen molar-refractivity contribution in [1.29, 1.82) is 0 Å². The van der Waals surface area contributed by atoms with E-state index in [4.69, 9.17) is 4.98 Å². The van der Waals surface area contributed by atoms with Crippen molar-refractivity contribution in [2.75, 3.05) is 18.0 Å². The fraction of sp³-hybridized carbons (Fsp3) is 0.500. The molecule has 28 heavy (non-hydrogen) atoms. The van der Waals surface area contributed by atoms with E-state index in [0.29, 0.717) is 19.0 Å². The van der Waals surface area contributed by atoms with Gasteiger partial charge in [-0.15, -0.1) is 5.10 Å². The highest BCUT2D eigenvalue weighted by Crippen LogP contribution is 2.39. The highest BCUT2D eigenvalue weighted by Gasteiger charge is 2.39. The van der Waals surface area contributed by atoms with E-state index in [1.165, 1.54) is 55.2 Å². The quantitative estimate of drug-likeness (QED) is 0.710. The molecule has 0 bridgehead atoms. The first-order chi connectivity index (χ1) is 13.5. The van der Waals surface area contributed by atoms with Crippen LogP contribution in [0, 0.1) is 11.6 Å². The summed E-state index contributed by atoms with van der Waals surface area (Å²) in [6.07, 6.45) is 7.48. The molecule has 2 aliphatic rings. The first-order valence-electron chi connectivity index (χ1n) is 9.81. The summed E-state index contributed by atoms with van der Waals surface area (Å²) in [7, 11) is 0. The molecule has 1 aliphatic carbocycles. The van der Waals surface area contributed by atoms with Gasteiger partial charge in [-0.2, -0.15) is 0 Å². The van der Waals surface area contributed by atoms with Gasteiger partial charge in [0.25, 0.3) is 0 Å². The highest BCUT2D eigenvalue weighted by molar-refractivity contribution is 7.20. The van der Waals surface area contributed by atoms with Crippen molar-refractivity contribution in [2.24, 2.45) is 0 Å². The Morgan fingerprint density at radius 3 is 2.43 bits per heavy atom. The number of fused-ring (bicyclic) bond motifs is 1. The summed E-state index contributed by atoms with van der Waals surface area (Å²) < 4.78 is 30.1. The zero-order valence-corrected chi connectivity index (χ0v) is 16.3. The second-order valence-corrected chi connectivity index (χ2v) is 8.81. The van der Waals surface area contributed by atoms with E-state index in [2.05, 4.69) is 10.00 Å². The maximum absolute atomic E-state index is 14.1. The Morgan fingerprint density at radius 2 is 1.79 bits per heavy atom. The Hall–Kier alpha value is -2.06. The molecule has 5 nitrogen and oxygen atoms in total. The van der Waals surface area contributed by atoms with Gasteiger partial charge < -0.3 is 10.0 Å². The van der Waals surface area contributed by atoms with Crippen LogP contribution in [0.1, 0.15) is 55.7 Å². The van der Waals surface area contributed by atoms with Crippen LogP contribution in [-0.4, -0.2) is 32.8 Å². The van der Waals surface area contributed by atoms with E-state index < -0.39 is 17.2 Å². The predicted molar refractivity (Wildman–Crippen MR) is 104 cm³/mol. The third-order valence-corrected chi connectivity index (χ3v) is 7.10. The minimum atomic E-state index is -1.49. The minimum absolute atomic E-state index is 0.218.